The highest BCUT2D eigenvalue weighted by molar-refractivity contribution is 5.96. The molecular weight excluding hydrogens is 664 g/mol. The van der Waals surface area contributed by atoms with Crippen LogP contribution in [0.2, 0.25) is 0 Å². The van der Waals surface area contributed by atoms with Gasteiger partial charge in [0.1, 0.15) is 0 Å². The van der Waals surface area contributed by atoms with Crippen LogP contribution >= 0.6 is 0 Å². The molecule has 2 aliphatic rings. The second-order valence-corrected chi connectivity index (χ2v) is 12.0. The van der Waals surface area contributed by atoms with E-state index in [1.54, 1.807) is 52.0 Å². The molecule has 0 fully saturated rings. The van der Waals surface area contributed by atoms with Crippen LogP contribution in [-0.2, 0) is 51.0 Å². The Morgan fingerprint density at radius 1 is 0.519 bits per heavy atom. The van der Waals surface area contributed by atoms with Gasteiger partial charge in [0.05, 0.1) is 51.2 Å². The lowest BCUT2D eigenvalue weighted by Crippen LogP contribution is -2.02. The van der Waals surface area contributed by atoms with Crippen molar-refractivity contribution < 1.29 is 49.1 Å². The Labute approximate surface area is 313 Å². The van der Waals surface area contributed by atoms with Crippen molar-refractivity contribution in [2.75, 3.05) is 28.4 Å². The van der Waals surface area contributed by atoms with Gasteiger partial charge in [0, 0.05) is 58.5 Å². The van der Waals surface area contributed by atoms with Gasteiger partial charge in [-0.15, -0.1) is 0 Å². The maximum atomic E-state index is 12.6. The van der Waals surface area contributed by atoms with Gasteiger partial charge in [-0.2, -0.15) is 0 Å². The molecule has 3 aromatic heterocycles. The third-order valence-electron chi connectivity index (χ3n) is 9.18. The Balaban J connectivity index is 1.99. The van der Waals surface area contributed by atoms with E-state index in [0.717, 1.165) is 28.4 Å². The number of hydrogen-bond acceptors (Lipinski definition) is 10. The number of hydrogen-bond donors (Lipinski definition) is 2. The van der Waals surface area contributed by atoms with Gasteiger partial charge in [0.25, 0.3) is 0 Å². The minimum atomic E-state index is -2.50. The molecule has 0 saturated heterocycles. The first-order chi connectivity index (χ1) is 27.8. The number of rotatable bonds is 12. The van der Waals surface area contributed by atoms with E-state index in [-0.39, 0.29) is 17.1 Å². The van der Waals surface area contributed by atoms with Crippen molar-refractivity contribution >= 4 is 68.2 Å². The van der Waals surface area contributed by atoms with Crippen molar-refractivity contribution in [1.29, 1.82) is 0 Å². The highest BCUT2D eigenvalue weighted by Crippen LogP contribution is 2.38. The number of carbonyl (C=O) groups is 4. The van der Waals surface area contributed by atoms with Gasteiger partial charge in [-0.25, -0.2) is 9.97 Å². The Hall–Kier alpha value is -5.52. The number of aromatic nitrogens is 4. The number of esters is 4. The lowest BCUT2D eigenvalue weighted by atomic mass is 9.98. The van der Waals surface area contributed by atoms with E-state index in [4.69, 9.17) is 39.9 Å². The lowest BCUT2D eigenvalue weighted by molar-refractivity contribution is -0.141. The maximum absolute atomic E-state index is 12.6. The van der Waals surface area contributed by atoms with Crippen molar-refractivity contribution in [3.05, 3.63) is 69.3 Å². The first-order valence-electron chi connectivity index (χ1n) is 20.3. The molecule has 0 aliphatic carbocycles. The number of fused-ring (bicyclic) bond motifs is 8. The smallest absolute Gasteiger partial charge is 0.305 e. The summed E-state index contributed by atoms with van der Waals surface area (Å²) in [5, 5.41) is 0. The number of ether oxygens (including phenoxy) is 4. The first-order valence-corrected chi connectivity index (χ1v) is 16.3. The molecule has 0 spiro atoms. The number of methoxy groups -OCH3 is 4. The van der Waals surface area contributed by atoms with Crippen LogP contribution in [0.3, 0.4) is 0 Å². The van der Waals surface area contributed by atoms with E-state index in [0.29, 0.717) is 72.3 Å². The van der Waals surface area contributed by atoms with Crippen LogP contribution in [-0.4, -0.2) is 72.3 Å². The SMILES string of the molecule is [2H]C([2H])(CC1=C(C)c2cc3[nH]c(cc4[nH]c(cc5nc(cc1n2)C(C)=C5CC([2H])([2H])C(=O)OC)c(C)c4CC([2H])([2H])C(=O)OC)c(C)c3CC([2H])([2H])C(=O)OC)C(=O)OC. The zero-order chi connectivity index (χ0) is 44.9. The molecule has 8 bridgehead atoms. The lowest BCUT2D eigenvalue weighted by Gasteiger charge is -2.05. The molecule has 0 amide bonds. The minimum absolute atomic E-state index is 0.209. The fourth-order valence-corrected chi connectivity index (χ4v) is 6.05. The normalized spacial score (nSPS) is 16.0. The average molecular weight is 719 g/mol. The topological polar surface area (TPSA) is 163 Å². The Morgan fingerprint density at radius 2 is 0.865 bits per heavy atom. The number of nitrogens with one attached hydrogen (secondary N) is 2. The second kappa shape index (κ2) is 16.2. The monoisotopic (exact) mass is 718 g/mol. The number of aryl methyl sites for hydroxylation is 4. The molecule has 0 radical (unpaired) electrons. The van der Waals surface area contributed by atoms with Crippen LogP contribution in [0.15, 0.2) is 24.3 Å². The van der Waals surface area contributed by atoms with Gasteiger partial charge in [-0.05, 0) is 122 Å². The van der Waals surface area contributed by atoms with Crippen molar-refractivity contribution in [2.24, 2.45) is 0 Å². The summed E-state index contributed by atoms with van der Waals surface area (Å²) in [7, 11) is 4.30. The van der Waals surface area contributed by atoms with Crippen LogP contribution in [0, 0.1) is 13.8 Å². The number of allylic oxidation sites excluding steroid dienone is 4. The molecule has 0 saturated carbocycles. The molecule has 0 aromatic carbocycles. The van der Waals surface area contributed by atoms with E-state index < -0.39 is 75.1 Å². The zero-order valence-corrected chi connectivity index (χ0v) is 30.3. The number of nitrogens with zero attached hydrogens (tertiary/aromatic N) is 2. The summed E-state index contributed by atoms with van der Waals surface area (Å²) < 4.78 is 87.6. The molecule has 52 heavy (non-hydrogen) atoms. The van der Waals surface area contributed by atoms with Gasteiger partial charge in [-0.1, -0.05) is 0 Å². The van der Waals surface area contributed by atoms with Crippen LogP contribution in [0.4, 0.5) is 0 Å². The third-order valence-corrected chi connectivity index (χ3v) is 9.18. The molecule has 2 aliphatic heterocycles. The van der Waals surface area contributed by atoms with Crippen molar-refractivity contribution in [3.8, 4) is 0 Å². The van der Waals surface area contributed by atoms with Gasteiger partial charge < -0.3 is 28.9 Å². The predicted molar refractivity (Wildman–Crippen MR) is 199 cm³/mol. The summed E-state index contributed by atoms with van der Waals surface area (Å²) >= 11 is 0. The Kier molecular flexibility index (Phi) is 8.77. The number of H-pyrrole nitrogens is 2. The minimum Gasteiger partial charge on any atom is -0.469 e. The van der Waals surface area contributed by atoms with Crippen molar-refractivity contribution in [1.82, 2.24) is 19.9 Å². The fourth-order valence-electron chi connectivity index (χ4n) is 6.05. The Morgan fingerprint density at radius 3 is 1.31 bits per heavy atom. The van der Waals surface area contributed by atoms with E-state index in [1.807, 2.05) is 0 Å². The van der Waals surface area contributed by atoms with Crippen LogP contribution in [0.5, 0.6) is 0 Å². The van der Waals surface area contributed by atoms with Crippen molar-refractivity contribution in [2.45, 2.75) is 78.9 Å². The van der Waals surface area contributed by atoms with Gasteiger partial charge in [0.2, 0.25) is 0 Å². The molecule has 0 unspecified atom stereocenters. The maximum Gasteiger partial charge on any atom is 0.305 e. The van der Waals surface area contributed by atoms with E-state index in [2.05, 4.69) is 9.97 Å². The van der Waals surface area contributed by atoms with Gasteiger partial charge in [0.15, 0.2) is 0 Å². The Bertz CT molecular complexity index is 2540. The van der Waals surface area contributed by atoms with E-state index in [1.165, 1.54) is 0 Å². The molecule has 0 atom stereocenters. The summed E-state index contributed by atoms with van der Waals surface area (Å²) in [6.07, 6.45) is -11.8. The summed E-state index contributed by atoms with van der Waals surface area (Å²) in [5.74, 6) is -4.43. The molecular formula is C40H46N4O8. The van der Waals surface area contributed by atoms with Crippen LogP contribution < -0.4 is 0 Å². The molecule has 2 N–H and O–H groups in total. The first kappa shape index (κ1) is 28.1. The molecule has 12 heteroatoms. The standard InChI is InChI=1S/C40H46N4O8/c1-21-25(9-13-37(45)49-5)33-18-30-23(3)27(11-15-39(47)51-7)35(43-30)20-32-24(4)28(12-16-40(48)52-8)36(44-32)19-31-22(2)26(10-14-38(46)50-6)34(42-31)17-29(21)41-33/h17-20,41-42H,9-16H2,1-8H3/i13D2,14D2,15D2,16D2. The highest BCUT2D eigenvalue weighted by atomic mass is 16.5. The quantitative estimate of drug-likeness (QED) is 0.149. The fraction of sp³-hybridized carbons (Fsp3) is 0.400. The second-order valence-electron chi connectivity index (χ2n) is 12.0. The summed E-state index contributed by atoms with van der Waals surface area (Å²) in [4.78, 5) is 66.8. The molecule has 12 nitrogen and oxygen atoms in total. The number of carbonyl (C=O) groups excluding carboxylic acids is 4. The van der Waals surface area contributed by atoms with Crippen molar-refractivity contribution in [3.63, 3.8) is 0 Å². The third kappa shape index (κ3) is 8.01. The van der Waals surface area contributed by atoms with Gasteiger partial charge >= 0.3 is 23.9 Å². The van der Waals surface area contributed by atoms with Gasteiger partial charge in [-0.3, -0.25) is 19.2 Å². The highest BCUT2D eigenvalue weighted by Gasteiger charge is 2.23. The summed E-state index contributed by atoms with van der Waals surface area (Å²) in [6, 6.07) is 6.41. The molecule has 3 aromatic rings. The molecule has 5 heterocycles. The van der Waals surface area contributed by atoms with Crippen LogP contribution in [0.25, 0.3) is 44.4 Å². The summed E-state index contributed by atoms with van der Waals surface area (Å²) in [5.41, 5.74) is 5.74. The average Bonchev–Trinajstić information content (AvgIpc) is 3.83. The van der Waals surface area contributed by atoms with E-state index in [9.17, 15) is 19.2 Å². The molecule has 274 valence electrons. The predicted octanol–water partition coefficient (Wildman–Crippen LogP) is 6.91. The zero-order valence-electron chi connectivity index (χ0n) is 38.3. The van der Waals surface area contributed by atoms with Crippen LogP contribution in [0.1, 0.15) is 108 Å². The number of aromatic amines is 2. The summed E-state index contributed by atoms with van der Waals surface area (Å²) in [6.45, 7) is 6.75. The molecule has 5 rings (SSSR count). The van der Waals surface area contributed by atoms with E-state index >= 15 is 0 Å². The largest absolute Gasteiger partial charge is 0.469 e.